The van der Waals surface area contributed by atoms with Crippen LogP contribution in [0, 0.1) is 5.92 Å². The van der Waals surface area contributed by atoms with Crippen LogP contribution in [0.4, 0.5) is 0 Å². The van der Waals surface area contributed by atoms with Crippen LogP contribution >= 0.6 is 11.3 Å². The summed E-state index contributed by atoms with van der Waals surface area (Å²) in [6, 6.07) is 0. The summed E-state index contributed by atoms with van der Waals surface area (Å²) in [5.41, 5.74) is 2.92. The number of rotatable bonds is 1. The van der Waals surface area contributed by atoms with Gasteiger partial charge in [-0.2, -0.15) is 0 Å². The molecule has 0 radical (unpaired) electrons. The molecule has 1 fully saturated rings. The van der Waals surface area contributed by atoms with E-state index in [9.17, 15) is 4.79 Å². The number of hydrogen-bond donors (Lipinski definition) is 1. The SMILES string of the molecule is CC1CN(C(=O)c2cscn2)CCC1=NO. The second kappa shape index (κ2) is 4.61. The van der Waals surface area contributed by atoms with Crippen LogP contribution in [-0.2, 0) is 0 Å². The highest BCUT2D eigenvalue weighted by atomic mass is 32.1. The molecule has 1 amide bonds. The predicted octanol–water partition coefficient (Wildman–Crippen LogP) is 1.46. The number of hydrogen-bond acceptors (Lipinski definition) is 5. The first kappa shape index (κ1) is 11.1. The van der Waals surface area contributed by atoms with Crippen LogP contribution in [0.1, 0.15) is 23.8 Å². The molecule has 1 saturated heterocycles. The third-order valence-corrected chi connectivity index (χ3v) is 3.35. The topological polar surface area (TPSA) is 65.8 Å². The fourth-order valence-corrected chi connectivity index (χ4v) is 2.36. The summed E-state index contributed by atoms with van der Waals surface area (Å²) in [6.07, 6.45) is 0.632. The lowest BCUT2D eigenvalue weighted by atomic mass is 9.97. The van der Waals surface area contributed by atoms with Crippen LogP contribution in [0.15, 0.2) is 16.0 Å². The summed E-state index contributed by atoms with van der Waals surface area (Å²) < 4.78 is 0. The molecule has 0 bridgehead atoms. The highest BCUT2D eigenvalue weighted by Crippen LogP contribution is 2.16. The number of nitrogens with zero attached hydrogens (tertiary/aromatic N) is 3. The lowest BCUT2D eigenvalue weighted by Crippen LogP contribution is -2.43. The van der Waals surface area contributed by atoms with Gasteiger partial charge in [-0.1, -0.05) is 12.1 Å². The average Bonchev–Trinajstić information content (AvgIpc) is 2.81. The first-order valence-electron chi connectivity index (χ1n) is 5.10. The Morgan fingerprint density at radius 2 is 2.56 bits per heavy atom. The fourth-order valence-electron chi connectivity index (χ4n) is 1.84. The molecule has 0 aromatic carbocycles. The molecule has 1 aromatic rings. The van der Waals surface area contributed by atoms with Gasteiger partial charge >= 0.3 is 0 Å². The van der Waals surface area contributed by atoms with E-state index < -0.39 is 0 Å². The largest absolute Gasteiger partial charge is 0.411 e. The first-order chi connectivity index (χ1) is 7.72. The van der Waals surface area contributed by atoms with Crippen LogP contribution in [0.25, 0.3) is 0 Å². The molecule has 86 valence electrons. The maximum atomic E-state index is 12.0. The van der Waals surface area contributed by atoms with Crippen molar-refractivity contribution in [3.63, 3.8) is 0 Å². The molecular weight excluding hydrogens is 226 g/mol. The van der Waals surface area contributed by atoms with Crippen molar-refractivity contribution in [1.82, 2.24) is 9.88 Å². The second-order valence-corrected chi connectivity index (χ2v) is 4.59. The maximum absolute atomic E-state index is 12.0. The Balaban J connectivity index is 2.06. The Morgan fingerprint density at radius 3 is 3.12 bits per heavy atom. The Hall–Kier alpha value is -1.43. The number of aromatic nitrogens is 1. The van der Waals surface area contributed by atoms with E-state index in [2.05, 4.69) is 10.1 Å². The molecule has 1 aliphatic rings. The molecule has 16 heavy (non-hydrogen) atoms. The van der Waals surface area contributed by atoms with Crippen molar-refractivity contribution in [3.05, 3.63) is 16.6 Å². The van der Waals surface area contributed by atoms with Gasteiger partial charge in [-0.3, -0.25) is 4.79 Å². The van der Waals surface area contributed by atoms with Crippen LogP contribution in [0.2, 0.25) is 0 Å². The number of likely N-dealkylation sites (tertiary alicyclic amines) is 1. The number of piperidine rings is 1. The molecule has 0 aliphatic carbocycles. The van der Waals surface area contributed by atoms with Crippen LogP contribution in [0.5, 0.6) is 0 Å². The maximum Gasteiger partial charge on any atom is 0.273 e. The molecule has 2 rings (SSSR count). The minimum Gasteiger partial charge on any atom is -0.411 e. The molecular formula is C10H13N3O2S. The van der Waals surface area contributed by atoms with Gasteiger partial charge in [-0.15, -0.1) is 11.3 Å². The van der Waals surface area contributed by atoms with Crippen LogP contribution in [0.3, 0.4) is 0 Å². The fraction of sp³-hybridized carbons (Fsp3) is 0.500. The van der Waals surface area contributed by atoms with Gasteiger partial charge < -0.3 is 10.1 Å². The Labute approximate surface area is 97.4 Å². The molecule has 1 aliphatic heterocycles. The third-order valence-electron chi connectivity index (χ3n) is 2.77. The summed E-state index contributed by atoms with van der Waals surface area (Å²) >= 11 is 1.42. The minimum atomic E-state index is -0.0370. The molecule has 0 spiro atoms. The summed E-state index contributed by atoms with van der Waals surface area (Å²) in [6.45, 7) is 3.14. The van der Waals surface area contributed by atoms with E-state index in [1.807, 2.05) is 6.92 Å². The van der Waals surface area contributed by atoms with E-state index in [0.29, 0.717) is 25.2 Å². The van der Waals surface area contributed by atoms with Crippen LogP contribution < -0.4 is 0 Å². The van der Waals surface area contributed by atoms with E-state index in [-0.39, 0.29) is 11.8 Å². The van der Waals surface area contributed by atoms with Crippen molar-refractivity contribution in [2.24, 2.45) is 11.1 Å². The lowest BCUT2D eigenvalue weighted by molar-refractivity contribution is 0.0729. The average molecular weight is 239 g/mol. The lowest BCUT2D eigenvalue weighted by Gasteiger charge is -2.30. The van der Waals surface area contributed by atoms with E-state index >= 15 is 0 Å². The van der Waals surface area contributed by atoms with Gasteiger partial charge in [0.15, 0.2) is 0 Å². The van der Waals surface area contributed by atoms with Gasteiger partial charge in [0.05, 0.1) is 11.2 Å². The van der Waals surface area contributed by atoms with E-state index in [1.165, 1.54) is 11.3 Å². The van der Waals surface area contributed by atoms with Crippen molar-refractivity contribution in [1.29, 1.82) is 0 Å². The van der Waals surface area contributed by atoms with Crippen molar-refractivity contribution in [2.45, 2.75) is 13.3 Å². The molecule has 1 N–H and O–H groups in total. The Morgan fingerprint density at radius 1 is 1.75 bits per heavy atom. The summed E-state index contributed by atoms with van der Waals surface area (Å²) in [7, 11) is 0. The third kappa shape index (κ3) is 2.06. The van der Waals surface area contributed by atoms with Gasteiger partial charge in [0, 0.05) is 30.8 Å². The highest BCUT2D eigenvalue weighted by Gasteiger charge is 2.27. The standard InChI is InChI=1S/C10H13N3O2S/c1-7-4-13(3-2-8(7)12-15)10(14)9-5-16-6-11-9/h5-7,15H,2-4H2,1H3. The van der Waals surface area contributed by atoms with Crippen molar-refractivity contribution >= 4 is 23.0 Å². The van der Waals surface area contributed by atoms with Gasteiger partial charge in [-0.25, -0.2) is 4.98 Å². The molecule has 2 heterocycles. The van der Waals surface area contributed by atoms with Gasteiger partial charge in [0.1, 0.15) is 5.69 Å². The van der Waals surface area contributed by atoms with E-state index in [4.69, 9.17) is 5.21 Å². The van der Waals surface area contributed by atoms with E-state index in [0.717, 1.165) is 5.71 Å². The zero-order valence-corrected chi connectivity index (χ0v) is 9.78. The minimum absolute atomic E-state index is 0.0370. The van der Waals surface area contributed by atoms with Gasteiger partial charge in [0.2, 0.25) is 0 Å². The molecule has 1 unspecified atom stereocenters. The molecule has 5 nitrogen and oxygen atoms in total. The van der Waals surface area contributed by atoms with Crippen molar-refractivity contribution in [3.8, 4) is 0 Å². The number of amides is 1. The number of carbonyl (C=O) groups excluding carboxylic acids is 1. The van der Waals surface area contributed by atoms with Crippen molar-refractivity contribution < 1.29 is 10.0 Å². The summed E-state index contributed by atoms with van der Waals surface area (Å²) in [4.78, 5) is 17.7. The smallest absolute Gasteiger partial charge is 0.273 e. The van der Waals surface area contributed by atoms with Crippen LogP contribution in [-0.4, -0.2) is 39.8 Å². The monoisotopic (exact) mass is 239 g/mol. The zero-order chi connectivity index (χ0) is 11.5. The molecule has 1 aromatic heterocycles. The highest BCUT2D eigenvalue weighted by molar-refractivity contribution is 7.07. The second-order valence-electron chi connectivity index (χ2n) is 3.87. The van der Waals surface area contributed by atoms with Crippen molar-refractivity contribution in [2.75, 3.05) is 13.1 Å². The number of thiazole rings is 1. The normalized spacial score (nSPS) is 23.7. The zero-order valence-electron chi connectivity index (χ0n) is 8.96. The molecule has 0 saturated carbocycles. The summed E-state index contributed by atoms with van der Waals surface area (Å²) in [5.74, 6) is 0.0754. The number of carbonyl (C=O) groups is 1. The Kier molecular flexibility index (Phi) is 3.19. The van der Waals surface area contributed by atoms with Gasteiger partial charge in [-0.05, 0) is 0 Å². The first-order valence-corrected chi connectivity index (χ1v) is 6.05. The molecule has 6 heteroatoms. The summed E-state index contributed by atoms with van der Waals surface area (Å²) in [5, 5.41) is 13.7. The van der Waals surface area contributed by atoms with Gasteiger partial charge in [0.25, 0.3) is 5.91 Å². The molecule has 1 atom stereocenters. The number of oxime groups is 1. The predicted molar refractivity (Wildman–Crippen MR) is 61.0 cm³/mol. The quantitative estimate of drug-likeness (QED) is 0.596. The van der Waals surface area contributed by atoms with E-state index in [1.54, 1.807) is 15.8 Å². The Bertz CT molecular complexity index is 402.